The van der Waals surface area contributed by atoms with Gasteiger partial charge in [0, 0.05) is 19.1 Å². The highest BCUT2D eigenvalue weighted by Crippen LogP contribution is 2.38. The molecule has 1 unspecified atom stereocenters. The summed E-state index contributed by atoms with van der Waals surface area (Å²) in [4.78, 5) is 13.3. The molecule has 4 nitrogen and oxygen atoms in total. The largest absolute Gasteiger partial charge is 0.353 e. The first-order valence-electron chi connectivity index (χ1n) is 4.62. The minimum absolute atomic E-state index is 0.137. The molecule has 1 spiro atoms. The quantitative estimate of drug-likeness (QED) is 0.535. The molecule has 2 aliphatic heterocycles. The number of nitriles is 1. The number of rotatable bonds is 0. The van der Waals surface area contributed by atoms with E-state index in [9.17, 15) is 4.79 Å². The van der Waals surface area contributed by atoms with Crippen LogP contribution in [-0.4, -0.2) is 29.9 Å². The Hall–Kier alpha value is -1.24. The number of likely N-dealkylation sites (tertiary alicyclic amines) is 1. The van der Waals surface area contributed by atoms with Crippen molar-refractivity contribution in [3.8, 4) is 6.19 Å². The van der Waals surface area contributed by atoms with Crippen LogP contribution in [0.1, 0.15) is 19.8 Å². The predicted octanol–water partition coefficient (Wildman–Crippen LogP) is 0.0680. The van der Waals surface area contributed by atoms with Crippen LogP contribution in [0.25, 0.3) is 0 Å². The first-order chi connectivity index (χ1) is 6.16. The summed E-state index contributed by atoms with van der Waals surface area (Å²) in [6.45, 7) is 3.36. The molecule has 2 rings (SSSR count). The van der Waals surface area contributed by atoms with E-state index in [-0.39, 0.29) is 17.4 Å². The number of hydrogen-bond donors (Lipinski definition) is 1. The van der Waals surface area contributed by atoms with Crippen molar-refractivity contribution in [2.24, 2.45) is 5.41 Å². The van der Waals surface area contributed by atoms with Gasteiger partial charge in [-0.3, -0.25) is 4.79 Å². The molecule has 2 fully saturated rings. The second kappa shape index (κ2) is 2.63. The van der Waals surface area contributed by atoms with Gasteiger partial charge in [-0.25, -0.2) is 0 Å². The maximum atomic E-state index is 11.6. The van der Waals surface area contributed by atoms with E-state index in [4.69, 9.17) is 5.26 Å². The maximum Gasteiger partial charge on any atom is 0.228 e. The Bertz CT molecular complexity index is 283. The van der Waals surface area contributed by atoms with Crippen LogP contribution in [0.4, 0.5) is 0 Å². The van der Waals surface area contributed by atoms with Crippen molar-refractivity contribution in [3.05, 3.63) is 0 Å². The van der Waals surface area contributed by atoms with Crippen LogP contribution >= 0.6 is 0 Å². The van der Waals surface area contributed by atoms with Crippen LogP contribution in [-0.2, 0) is 4.79 Å². The molecule has 0 aromatic carbocycles. The summed E-state index contributed by atoms with van der Waals surface area (Å²) in [6.07, 6.45) is 3.81. The third-order valence-electron chi connectivity index (χ3n) is 3.05. The molecule has 0 aromatic rings. The summed E-state index contributed by atoms with van der Waals surface area (Å²) >= 11 is 0. The predicted molar refractivity (Wildman–Crippen MR) is 46.5 cm³/mol. The van der Waals surface area contributed by atoms with Gasteiger partial charge in [-0.1, -0.05) is 0 Å². The second-order valence-corrected chi connectivity index (χ2v) is 4.13. The number of carbonyl (C=O) groups excluding carboxylic acids is 1. The van der Waals surface area contributed by atoms with Gasteiger partial charge in [-0.15, -0.1) is 0 Å². The Morgan fingerprint density at radius 1 is 1.77 bits per heavy atom. The Balaban J connectivity index is 2.16. The van der Waals surface area contributed by atoms with E-state index in [1.807, 2.05) is 6.92 Å². The summed E-state index contributed by atoms with van der Waals surface area (Å²) in [5, 5.41) is 11.6. The molecule has 13 heavy (non-hydrogen) atoms. The second-order valence-electron chi connectivity index (χ2n) is 4.13. The Kier molecular flexibility index (Phi) is 1.69. The number of amides is 1. The van der Waals surface area contributed by atoms with Gasteiger partial charge in [0.05, 0.1) is 5.41 Å². The monoisotopic (exact) mass is 179 g/mol. The first kappa shape index (κ1) is 8.36. The van der Waals surface area contributed by atoms with Crippen molar-refractivity contribution in [2.75, 3.05) is 13.1 Å². The fraction of sp³-hybridized carbons (Fsp3) is 0.778. The molecule has 0 radical (unpaired) electrons. The van der Waals surface area contributed by atoms with Crippen LogP contribution in [0, 0.1) is 16.9 Å². The number of carbonyl (C=O) groups is 1. The minimum Gasteiger partial charge on any atom is -0.353 e. The lowest BCUT2D eigenvalue weighted by atomic mass is 9.84. The maximum absolute atomic E-state index is 11.6. The first-order valence-corrected chi connectivity index (χ1v) is 4.62. The van der Waals surface area contributed by atoms with Gasteiger partial charge in [0.1, 0.15) is 0 Å². The molecule has 1 N–H and O–H groups in total. The van der Waals surface area contributed by atoms with Crippen LogP contribution < -0.4 is 5.32 Å². The summed E-state index contributed by atoms with van der Waals surface area (Å²) < 4.78 is 0. The zero-order valence-corrected chi connectivity index (χ0v) is 7.71. The van der Waals surface area contributed by atoms with Gasteiger partial charge < -0.3 is 10.2 Å². The number of nitrogens with one attached hydrogen (secondary N) is 1. The molecule has 2 aliphatic rings. The van der Waals surface area contributed by atoms with Gasteiger partial charge >= 0.3 is 0 Å². The van der Waals surface area contributed by atoms with Crippen LogP contribution in [0.5, 0.6) is 0 Å². The molecule has 0 saturated carbocycles. The average molecular weight is 179 g/mol. The highest BCUT2D eigenvalue weighted by atomic mass is 16.2. The molecule has 1 amide bonds. The zero-order valence-electron chi connectivity index (χ0n) is 7.71. The van der Waals surface area contributed by atoms with Gasteiger partial charge in [0.25, 0.3) is 0 Å². The molecule has 0 aromatic heterocycles. The molecule has 2 heterocycles. The van der Waals surface area contributed by atoms with E-state index >= 15 is 0 Å². The van der Waals surface area contributed by atoms with Crippen molar-refractivity contribution >= 4 is 5.91 Å². The fourth-order valence-corrected chi connectivity index (χ4v) is 2.42. The minimum atomic E-state index is -0.255. The lowest BCUT2D eigenvalue weighted by molar-refractivity contribution is -0.127. The highest BCUT2D eigenvalue weighted by Gasteiger charge is 2.49. The zero-order chi connectivity index (χ0) is 9.47. The normalized spacial score (nSPS) is 38.0. The van der Waals surface area contributed by atoms with Crippen molar-refractivity contribution in [3.63, 3.8) is 0 Å². The molecule has 2 atom stereocenters. The Labute approximate surface area is 77.5 Å². The van der Waals surface area contributed by atoms with Crippen molar-refractivity contribution in [1.82, 2.24) is 10.2 Å². The smallest absolute Gasteiger partial charge is 0.228 e. The SMILES string of the molecule is CC1C[C@@]2(CCN(C#N)C2)C(=O)N1. The molecular formula is C9H13N3O. The fourth-order valence-electron chi connectivity index (χ4n) is 2.42. The van der Waals surface area contributed by atoms with E-state index in [2.05, 4.69) is 11.5 Å². The Morgan fingerprint density at radius 3 is 3.00 bits per heavy atom. The van der Waals surface area contributed by atoms with Gasteiger partial charge in [0.2, 0.25) is 5.91 Å². The van der Waals surface area contributed by atoms with E-state index in [0.717, 1.165) is 19.4 Å². The standard InChI is InChI=1S/C9H13N3O/c1-7-4-9(8(13)11-7)2-3-12(5-9)6-10/h7H,2-5H2,1H3,(H,11,13)/t7?,9-/m1/s1. The Morgan fingerprint density at radius 2 is 2.54 bits per heavy atom. The molecular weight excluding hydrogens is 166 g/mol. The van der Waals surface area contributed by atoms with Gasteiger partial charge in [0.15, 0.2) is 6.19 Å². The third-order valence-corrected chi connectivity index (χ3v) is 3.05. The van der Waals surface area contributed by atoms with Gasteiger partial charge in [-0.05, 0) is 19.8 Å². The van der Waals surface area contributed by atoms with Crippen LogP contribution in [0.2, 0.25) is 0 Å². The van der Waals surface area contributed by atoms with Crippen molar-refractivity contribution < 1.29 is 4.79 Å². The van der Waals surface area contributed by atoms with E-state index in [1.54, 1.807) is 4.90 Å². The topological polar surface area (TPSA) is 56.1 Å². The van der Waals surface area contributed by atoms with Crippen molar-refractivity contribution in [2.45, 2.75) is 25.8 Å². The van der Waals surface area contributed by atoms with Crippen LogP contribution in [0.15, 0.2) is 0 Å². The van der Waals surface area contributed by atoms with E-state index in [0.29, 0.717) is 6.54 Å². The molecule has 70 valence electrons. The lowest BCUT2D eigenvalue weighted by Crippen LogP contribution is -2.33. The van der Waals surface area contributed by atoms with Crippen LogP contribution in [0.3, 0.4) is 0 Å². The van der Waals surface area contributed by atoms with E-state index < -0.39 is 0 Å². The average Bonchev–Trinajstić information content (AvgIpc) is 2.59. The molecule has 0 bridgehead atoms. The highest BCUT2D eigenvalue weighted by molar-refractivity contribution is 5.85. The summed E-state index contributed by atoms with van der Waals surface area (Å²) in [7, 11) is 0. The summed E-state index contributed by atoms with van der Waals surface area (Å²) in [5.74, 6) is 0.137. The molecule has 2 saturated heterocycles. The molecule has 0 aliphatic carbocycles. The molecule has 4 heteroatoms. The summed E-state index contributed by atoms with van der Waals surface area (Å²) in [5.41, 5.74) is -0.255. The lowest BCUT2D eigenvalue weighted by Gasteiger charge is -2.17. The summed E-state index contributed by atoms with van der Waals surface area (Å²) in [6, 6.07) is 0.270. The van der Waals surface area contributed by atoms with E-state index in [1.165, 1.54) is 0 Å². The number of hydrogen-bond acceptors (Lipinski definition) is 3. The number of nitrogens with zero attached hydrogens (tertiary/aromatic N) is 2. The van der Waals surface area contributed by atoms with Crippen molar-refractivity contribution in [1.29, 1.82) is 5.26 Å². The third kappa shape index (κ3) is 1.15. The van der Waals surface area contributed by atoms with Gasteiger partial charge in [-0.2, -0.15) is 5.26 Å².